The second-order valence-electron chi connectivity index (χ2n) is 3.27. The molecule has 0 radical (unpaired) electrons. The Morgan fingerprint density at radius 3 is 2.87 bits per heavy atom. The van der Waals surface area contributed by atoms with E-state index in [1.165, 1.54) is 11.3 Å². The molecule has 0 saturated carbocycles. The Labute approximate surface area is 102 Å². The van der Waals surface area contributed by atoms with E-state index in [2.05, 4.69) is 15.9 Å². The second kappa shape index (κ2) is 6.60. The molecular weight excluding hydrogens is 280 g/mol. The topological polar surface area (TPSA) is 49.7 Å². The molecule has 5 heteroatoms. The van der Waals surface area contributed by atoms with Crippen LogP contribution >= 0.6 is 27.3 Å². The lowest BCUT2D eigenvalue weighted by Crippen LogP contribution is -2.17. The maximum Gasteiger partial charge on any atom is 0.106 e. The number of hydrogen-bond acceptors (Lipinski definition) is 4. The van der Waals surface area contributed by atoms with Crippen LogP contribution in [-0.4, -0.2) is 28.8 Å². The molecule has 0 aromatic carbocycles. The average Bonchev–Trinajstić information content (AvgIpc) is 2.66. The predicted octanol–water partition coefficient (Wildman–Crippen LogP) is 2.07. The van der Waals surface area contributed by atoms with Crippen molar-refractivity contribution in [3.05, 3.63) is 21.9 Å². The first-order chi connectivity index (χ1) is 7.19. The largest absolute Gasteiger partial charge is 0.390 e. The highest BCUT2D eigenvalue weighted by atomic mass is 79.9. The van der Waals surface area contributed by atoms with E-state index in [0.29, 0.717) is 18.4 Å². The highest BCUT2D eigenvalue weighted by molar-refractivity contribution is 9.09. The zero-order valence-corrected chi connectivity index (χ0v) is 10.9. The Hall–Kier alpha value is 0.0600. The van der Waals surface area contributed by atoms with Crippen molar-refractivity contribution < 1.29 is 14.9 Å². The van der Waals surface area contributed by atoms with Crippen molar-refractivity contribution in [3.63, 3.8) is 0 Å². The zero-order chi connectivity index (χ0) is 11.3. The fraction of sp³-hybridized carbons (Fsp3) is 0.600. The standard InChI is InChI=1S/C10H15BrO3S/c1-14-5-8-4-7(6-15-8)10(13)9(12)2-3-11/h4,6,9-10,12-13H,2-3,5H2,1H3. The molecule has 1 heterocycles. The lowest BCUT2D eigenvalue weighted by molar-refractivity contribution is 0.0175. The van der Waals surface area contributed by atoms with Gasteiger partial charge in [-0.2, -0.15) is 0 Å². The molecule has 2 unspecified atom stereocenters. The molecule has 1 aromatic heterocycles. The Morgan fingerprint density at radius 2 is 2.27 bits per heavy atom. The second-order valence-corrected chi connectivity index (χ2v) is 5.06. The summed E-state index contributed by atoms with van der Waals surface area (Å²) in [4.78, 5) is 1.05. The van der Waals surface area contributed by atoms with E-state index in [1.54, 1.807) is 7.11 Å². The quantitative estimate of drug-likeness (QED) is 0.790. The van der Waals surface area contributed by atoms with Crippen LogP contribution in [0.2, 0.25) is 0 Å². The summed E-state index contributed by atoms with van der Waals surface area (Å²) in [6.07, 6.45) is -0.977. The first kappa shape index (κ1) is 13.1. The fourth-order valence-electron chi connectivity index (χ4n) is 1.26. The molecule has 0 aliphatic heterocycles. The molecular formula is C10H15BrO3S. The summed E-state index contributed by atoms with van der Waals surface area (Å²) in [7, 11) is 1.63. The molecule has 0 saturated heterocycles. The molecule has 2 atom stereocenters. The fourth-order valence-corrected chi connectivity index (χ4v) is 2.62. The van der Waals surface area contributed by atoms with Crippen molar-refractivity contribution >= 4 is 27.3 Å². The summed E-state index contributed by atoms with van der Waals surface area (Å²) in [5.74, 6) is 0. The van der Waals surface area contributed by atoms with Gasteiger partial charge in [0.2, 0.25) is 0 Å². The van der Waals surface area contributed by atoms with Gasteiger partial charge >= 0.3 is 0 Å². The first-order valence-corrected chi connectivity index (χ1v) is 6.67. The van der Waals surface area contributed by atoms with Crippen LogP contribution in [0.4, 0.5) is 0 Å². The number of halogens is 1. The Morgan fingerprint density at radius 1 is 1.53 bits per heavy atom. The van der Waals surface area contributed by atoms with Gasteiger partial charge in [-0.3, -0.25) is 0 Å². The van der Waals surface area contributed by atoms with Crippen LogP contribution in [0.3, 0.4) is 0 Å². The van der Waals surface area contributed by atoms with Gasteiger partial charge in [-0.05, 0) is 23.4 Å². The van der Waals surface area contributed by atoms with Crippen molar-refractivity contribution in [2.24, 2.45) is 0 Å². The van der Waals surface area contributed by atoms with Crippen molar-refractivity contribution in [2.45, 2.75) is 25.2 Å². The van der Waals surface area contributed by atoms with Gasteiger partial charge in [-0.1, -0.05) is 15.9 Å². The van der Waals surface area contributed by atoms with Crippen molar-refractivity contribution in [1.29, 1.82) is 0 Å². The number of aliphatic hydroxyl groups is 2. The number of thiophene rings is 1. The van der Waals surface area contributed by atoms with Gasteiger partial charge in [0.15, 0.2) is 0 Å². The third-order valence-corrected chi connectivity index (χ3v) is 3.46. The highest BCUT2D eigenvalue weighted by Gasteiger charge is 2.18. The van der Waals surface area contributed by atoms with Gasteiger partial charge in [-0.15, -0.1) is 11.3 Å². The normalized spacial score (nSPS) is 15.2. The lowest BCUT2D eigenvalue weighted by Gasteiger charge is -2.15. The Kier molecular flexibility index (Phi) is 5.78. The summed E-state index contributed by atoms with van der Waals surface area (Å²) in [6, 6.07) is 1.87. The predicted molar refractivity (Wildman–Crippen MR) is 64.4 cm³/mol. The van der Waals surface area contributed by atoms with Gasteiger partial charge in [0.1, 0.15) is 6.10 Å². The molecule has 0 bridgehead atoms. The maximum atomic E-state index is 9.80. The molecule has 0 amide bonds. The van der Waals surface area contributed by atoms with E-state index >= 15 is 0 Å². The van der Waals surface area contributed by atoms with E-state index in [-0.39, 0.29) is 0 Å². The van der Waals surface area contributed by atoms with Crippen LogP contribution < -0.4 is 0 Å². The number of methoxy groups -OCH3 is 1. The third kappa shape index (κ3) is 3.85. The SMILES string of the molecule is COCc1cc(C(O)C(O)CCBr)cs1. The minimum Gasteiger partial charge on any atom is -0.390 e. The van der Waals surface area contributed by atoms with Crippen LogP contribution in [0.5, 0.6) is 0 Å². The minimum absolute atomic E-state index is 0.538. The van der Waals surface area contributed by atoms with Gasteiger partial charge in [0.05, 0.1) is 12.7 Å². The Bertz CT molecular complexity index is 290. The van der Waals surface area contributed by atoms with E-state index in [0.717, 1.165) is 10.4 Å². The molecule has 1 rings (SSSR count). The van der Waals surface area contributed by atoms with E-state index in [9.17, 15) is 10.2 Å². The van der Waals surface area contributed by atoms with Gasteiger partial charge in [0.25, 0.3) is 0 Å². The van der Waals surface area contributed by atoms with Crippen LogP contribution in [0, 0.1) is 0 Å². The molecule has 3 nitrogen and oxygen atoms in total. The summed E-state index contributed by atoms with van der Waals surface area (Å²) in [5.41, 5.74) is 0.764. The Balaban J connectivity index is 2.60. The molecule has 0 aliphatic carbocycles. The molecule has 0 aliphatic rings. The van der Waals surface area contributed by atoms with Crippen LogP contribution in [0.15, 0.2) is 11.4 Å². The lowest BCUT2D eigenvalue weighted by atomic mass is 10.1. The zero-order valence-electron chi connectivity index (χ0n) is 8.52. The molecule has 1 aromatic rings. The number of ether oxygens (including phenoxy) is 1. The van der Waals surface area contributed by atoms with Crippen molar-refractivity contribution in [2.75, 3.05) is 12.4 Å². The summed E-state index contributed by atoms with van der Waals surface area (Å²) in [6.45, 7) is 0.548. The van der Waals surface area contributed by atoms with Crippen LogP contribution in [-0.2, 0) is 11.3 Å². The summed E-state index contributed by atoms with van der Waals surface area (Å²) < 4.78 is 4.99. The van der Waals surface area contributed by atoms with Crippen molar-refractivity contribution in [1.82, 2.24) is 0 Å². The van der Waals surface area contributed by atoms with Gasteiger partial charge < -0.3 is 14.9 Å². The van der Waals surface area contributed by atoms with Gasteiger partial charge in [0, 0.05) is 17.3 Å². The number of alkyl halides is 1. The molecule has 2 N–H and O–H groups in total. The molecule has 15 heavy (non-hydrogen) atoms. The summed E-state index contributed by atoms with van der Waals surface area (Å²) in [5, 5.41) is 21.9. The molecule has 0 fully saturated rings. The van der Waals surface area contributed by atoms with E-state index < -0.39 is 12.2 Å². The third-order valence-electron chi connectivity index (χ3n) is 2.07. The number of hydrogen-bond donors (Lipinski definition) is 2. The maximum absolute atomic E-state index is 9.80. The highest BCUT2D eigenvalue weighted by Crippen LogP contribution is 2.25. The monoisotopic (exact) mass is 294 g/mol. The molecule has 0 spiro atoms. The van der Waals surface area contributed by atoms with Crippen LogP contribution in [0.1, 0.15) is 23.0 Å². The summed E-state index contributed by atoms with van der Waals surface area (Å²) >= 11 is 4.76. The average molecular weight is 295 g/mol. The number of rotatable bonds is 6. The minimum atomic E-state index is -0.801. The number of aliphatic hydroxyl groups excluding tert-OH is 2. The van der Waals surface area contributed by atoms with E-state index in [4.69, 9.17) is 4.74 Å². The first-order valence-electron chi connectivity index (χ1n) is 4.67. The molecule has 86 valence electrons. The van der Waals surface area contributed by atoms with Crippen molar-refractivity contribution in [3.8, 4) is 0 Å². The smallest absolute Gasteiger partial charge is 0.106 e. The van der Waals surface area contributed by atoms with Gasteiger partial charge in [-0.25, -0.2) is 0 Å². The van der Waals surface area contributed by atoms with E-state index in [1.807, 2.05) is 11.4 Å². The van der Waals surface area contributed by atoms with Crippen LogP contribution in [0.25, 0.3) is 0 Å².